The minimum atomic E-state index is -0.279. The molecule has 2 amide bonds. The van der Waals surface area contributed by atoms with Gasteiger partial charge in [0.1, 0.15) is 5.58 Å². The molecular weight excluding hydrogens is 388 g/mol. The summed E-state index contributed by atoms with van der Waals surface area (Å²) in [6.07, 6.45) is 0. The molecule has 1 aliphatic rings. The van der Waals surface area contributed by atoms with E-state index in [2.05, 4.69) is 10.2 Å². The number of imide groups is 1. The van der Waals surface area contributed by atoms with Gasteiger partial charge < -0.3 is 4.42 Å². The first kappa shape index (κ1) is 17.7. The molecule has 144 valence electrons. The van der Waals surface area contributed by atoms with Crippen molar-refractivity contribution in [3.05, 3.63) is 65.7 Å². The van der Waals surface area contributed by atoms with Gasteiger partial charge in [-0.3, -0.25) is 19.1 Å². The van der Waals surface area contributed by atoms with Crippen LogP contribution in [0, 0.1) is 0 Å². The third-order valence-electron chi connectivity index (χ3n) is 4.88. The number of hydrogen-bond donors (Lipinski definition) is 0. The summed E-state index contributed by atoms with van der Waals surface area (Å²) in [6.45, 7) is 2.62. The largest absolute Gasteiger partial charge is 0.453 e. The lowest BCUT2D eigenvalue weighted by atomic mass is 10.1. The van der Waals surface area contributed by atoms with E-state index in [4.69, 9.17) is 4.42 Å². The zero-order valence-electron chi connectivity index (χ0n) is 15.5. The van der Waals surface area contributed by atoms with Gasteiger partial charge in [0.05, 0.1) is 17.0 Å². The molecule has 2 aromatic heterocycles. The third kappa shape index (κ3) is 2.84. The van der Waals surface area contributed by atoms with Gasteiger partial charge in [-0.05, 0) is 31.2 Å². The van der Waals surface area contributed by atoms with Crippen LogP contribution in [0.15, 0.2) is 64.2 Å². The fourth-order valence-electron chi connectivity index (χ4n) is 3.43. The van der Waals surface area contributed by atoms with Gasteiger partial charge >= 0.3 is 0 Å². The molecule has 5 rings (SSSR count). The van der Waals surface area contributed by atoms with Crippen molar-refractivity contribution in [3.8, 4) is 11.6 Å². The Morgan fingerprint density at radius 1 is 0.966 bits per heavy atom. The minimum Gasteiger partial charge on any atom is -0.453 e. The Balaban J connectivity index is 1.40. The van der Waals surface area contributed by atoms with Crippen molar-refractivity contribution in [2.75, 3.05) is 5.88 Å². The van der Waals surface area contributed by atoms with Crippen molar-refractivity contribution >= 4 is 34.5 Å². The summed E-state index contributed by atoms with van der Waals surface area (Å²) in [6, 6.07) is 16.6. The number of nitrogens with zero attached hydrogens (tertiary/aromatic N) is 4. The van der Waals surface area contributed by atoms with E-state index in [0.29, 0.717) is 34.4 Å². The molecule has 0 radical (unpaired) electrons. The van der Waals surface area contributed by atoms with Crippen LogP contribution < -0.4 is 0 Å². The maximum Gasteiger partial charge on any atom is 0.262 e. The molecule has 8 heteroatoms. The fraction of sp³-hybridized carbons (Fsp3) is 0.143. The number of amides is 2. The van der Waals surface area contributed by atoms with Crippen LogP contribution in [0.1, 0.15) is 27.6 Å². The van der Waals surface area contributed by atoms with E-state index in [1.165, 1.54) is 16.7 Å². The summed E-state index contributed by atoms with van der Waals surface area (Å²) < 4.78 is 7.83. The molecule has 0 saturated carbocycles. The number of carbonyl (C=O) groups is 2. The number of rotatable bonds is 5. The first-order chi connectivity index (χ1) is 14.2. The Labute approximate surface area is 170 Å². The van der Waals surface area contributed by atoms with Gasteiger partial charge in [0.2, 0.25) is 5.82 Å². The summed E-state index contributed by atoms with van der Waals surface area (Å²) in [5.74, 6) is 0.864. The van der Waals surface area contributed by atoms with Crippen LogP contribution in [0.4, 0.5) is 0 Å². The van der Waals surface area contributed by atoms with Crippen LogP contribution in [-0.2, 0) is 6.54 Å². The Bertz CT molecular complexity index is 1190. The monoisotopic (exact) mass is 404 g/mol. The number of carbonyl (C=O) groups excluding carboxylic acids is 2. The molecule has 0 aliphatic carbocycles. The Morgan fingerprint density at radius 2 is 1.66 bits per heavy atom. The second kappa shape index (κ2) is 6.89. The van der Waals surface area contributed by atoms with Crippen molar-refractivity contribution in [1.29, 1.82) is 0 Å². The second-order valence-electron chi connectivity index (χ2n) is 6.56. The predicted octanol–water partition coefficient (Wildman–Crippen LogP) is 4.06. The van der Waals surface area contributed by atoms with Gasteiger partial charge in [0.15, 0.2) is 10.9 Å². The van der Waals surface area contributed by atoms with E-state index >= 15 is 0 Å². The zero-order valence-corrected chi connectivity index (χ0v) is 16.3. The number of benzene rings is 2. The fourth-order valence-corrected chi connectivity index (χ4v) is 4.38. The highest BCUT2D eigenvalue weighted by Gasteiger charge is 2.35. The first-order valence-electron chi connectivity index (χ1n) is 9.17. The average molecular weight is 404 g/mol. The summed E-state index contributed by atoms with van der Waals surface area (Å²) in [5.41, 5.74) is 1.67. The SMILES string of the molecule is CCn1c(SCN2C(=O)c3ccccc3C2=O)nnc1-c1cc2ccccc2o1. The molecule has 0 unspecified atom stereocenters. The van der Waals surface area contributed by atoms with Crippen LogP contribution in [-0.4, -0.2) is 37.4 Å². The summed E-state index contributed by atoms with van der Waals surface area (Å²) >= 11 is 1.30. The van der Waals surface area contributed by atoms with E-state index in [1.54, 1.807) is 24.3 Å². The molecule has 1 aliphatic heterocycles. The van der Waals surface area contributed by atoms with Crippen LogP contribution in [0.3, 0.4) is 0 Å². The topological polar surface area (TPSA) is 81.2 Å². The highest BCUT2D eigenvalue weighted by molar-refractivity contribution is 7.99. The average Bonchev–Trinajstić information content (AvgIpc) is 3.42. The first-order valence-corrected chi connectivity index (χ1v) is 10.2. The Kier molecular flexibility index (Phi) is 4.21. The highest BCUT2D eigenvalue weighted by Crippen LogP contribution is 2.31. The van der Waals surface area contributed by atoms with Crippen molar-refractivity contribution < 1.29 is 14.0 Å². The summed E-state index contributed by atoms with van der Waals surface area (Å²) in [4.78, 5) is 26.3. The highest BCUT2D eigenvalue weighted by atomic mass is 32.2. The van der Waals surface area contributed by atoms with E-state index < -0.39 is 0 Å². The lowest BCUT2D eigenvalue weighted by Gasteiger charge is -2.13. The van der Waals surface area contributed by atoms with Gasteiger partial charge in [-0.25, -0.2) is 0 Å². The molecule has 0 saturated heterocycles. The van der Waals surface area contributed by atoms with Gasteiger partial charge in [-0.2, -0.15) is 0 Å². The smallest absolute Gasteiger partial charge is 0.262 e. The standard InChI is InChI=1S/C21H16N4O3S/c1-2-24-18(17-11-13-7-3-6-10-16(13)28-17)22-23-21(24)29-12-25-19(26)14-8-4-5-9-15(14)20(25)27/h3-11H,2,12H2,1H3. The van der Waals surface area contributed by atoms with E-state index in [1.807, 2.05) is 41.8 Å². The molecule has 3 heterocycles. The number of furan rings is 1. The van der Waals surface area contributed by atoms with E-state index in [0.717, 1.165) is 11.0 Å². The molecule has 0 bridgehead atoms. The Hall–Kier alpha value is -3.39. The van der Waals surface area contributed by atoms with Gasteiger partial charge in [0.25, 0.3) is 11.8 Å². The quantitative estimate of drug-likeness (QED) is 0.369. The maximum absolute atomic E-state index is 12.5. The van der Waals surface area contributed by atoms with E-state index in [9.17, 15) is 9.59 Å². The number of hydrogen-bond acceptors (Lipinski definition) is 6. The van der Waals surface area contributed by atoms with Gasteiger partial charge in [-0.1, -0.05) is 42.1 Å². The van der Waals surface area contributed by atoms with Crippen molar-refractivity contribution in [2.45, 2.75) is 18.6 Å². The lowest BCUT2D eigenvalue weighted by molar-refractivity contribution is 0.0684. The van der Waals surface area contributed by atoms with Crippen LogP contribution in [0.2, 0.25) is 0 Å². The number of thioether (sulfide) groups is 1. The van der Waals surface area contributed by atoms with Crippen molar-refractivity contribution in [3.63, 3.8) is 0 Å². The molecule has 0 fully saturated rings. The van der Waals surface area contributed by atoms with Gasteiger partial charge in [-0.15, -0.1) is 10.2 Å². The zero-order chi connectivity index (χ0) is 20.0. The summed E-state index contributed by atoms with van der Waals surface area (Å²) in [7, 11) is 0. The van der Waals surface area contributed by atoms with Crippen molar-refractivity contribution in [2.24, 2.45) is 0 Å². The van der Waals surface area contributed by atoms with Crippen molar-refractivity contribution in [1.82, 2.24) is 19.7 Å². The molecule has 0 spiro atoms. The van der Waals surface area contributed by atoms with Crippen LogP contribution in [0.5, 0.6) is 0 Å². The van der Waals surface area contributed by atoms with Crippen LogP contribution in [0.25, 0.3) is 22.6 Å². The molecule has 0 N–H and O–H groups in total. The lowest BCUT2D eigenvalue weighted by Crippen LogP contribution is -2.29. The molecule has 2 aromatic carbocycles. The predicted molar refractivity (Wildman–Crippen MR) is 109 cm³/mol. The van der Waals surface area contributed by atoms with E-state index in [-0.39, 0.29) is 17.7 Å². The molecule has 7 nitrogen and oxygen atoms in total. The number of fused-ring (bicyclic) bond motifs is 2. The second-order valence-corrected chi connectivity index (χ2v) is 7.47. The third-order valence-corrected chi connectivity index (χ3v) is 5.83. The molecular formula is C21H16N4O3S. The number of aromatic nitrogens is 3. The molecule has 29 heavy (non-hydrogen) atoms. The summed E-state index contributed by atoms with van der Waals surface area (Å²) in [5, 5.41) is 10.2. The number of para-hydroxylation sites is 1. The Morgan fingerprint density at radius 3 is 2.34 bits per heavy atom. The minimum absolute atomic E-state index is 0.171. The maximum atomic E-state index is 12.5. The molecule has 0 atom stereocenters. The van der Waals surface area contributed by atoms with Gasteiger partial charge in [0, 0.05) is 11.9 Å². The van der Waals surface area contributed by atoms with Crippen LogP contribution >= 0.6 is 11.8 Å². The molecule has 4 aromatic rings. The normalized spacial score (nSPS) is 13.5.